The highest BCUT2D eigenvalue weighted by molar-refractivity contribution is 5.90. The Kier molecular flexibility index (Phi) is 10.1. The van der Waals surface area contributed by atoms with Crippen LogP contribution in [0, 0.1) is 11.8 Å². The number of carbonyl (C=O) groups excluding carboxylic acids is 3. The molecule has 1 heterocycles. The van der Waals surface area contributed by atoms with Gasteiger partial charge in [0.1, 0.15) is 11.6 Å². The minimum absolute atomic E-state index is 0.0112. The molecular weight excluding hydrogens is 368 g/mol. The number of rotatable bonds is 10. The fraction of sp³-hybridized carbons (Fsp3) is 0.870. The fourth-order valence-corrected chi connectivity index (χ4v) is 3.77. The molecule has 1 fully saturated rings. The summed E-state index contributed by atoms with van der Waals surface area (Å²) >= 11 is 0. The van der Waals surface area contributed by atoms with E-state index in [0.29, 0.717) is 6.42 Å². The van der Waals surface area contributed by atoms with Crippen LogP contribution in [0.5, 0.6) is 0 Å². The second kappa shape index (κ2) is 11.6. The molecule has 0 aromatic rings. The Morgan fingerprint density at radius 3 is 2.31 bits per heavy atom. The summed E-state index contributed by atoms with van der Waals surface area (Å²) in [5.74, 6) is -1.08. The zero-order valence-corrected chi connectivity index (χ0v) is 19.5. The van der Waals surface area contributed by atoms with Gasteiger partial charge in [0.15, 0.2) is 0 Å². The first kappa shape index (κ1) is 25.4. The van der Waals surface area contributed by atoms with Crippen LogP contribution in [0.25, 0.3) is 0 Å². The van der Waals surface area contributed by atoms with Gasteiger partial charge in [-0.15, -0.1) is 0 Å². The third-order valence-electron chi connectivity index (χ3n) is 5.43. The number of nitrogens with zero attached hydrogens (tertiary/aromatic N) is 1. The van der Waals surface area contributed by atoms with Crippen LogP contribution in [-0.2, 0) is 19.1 Å². The van der Waals surface area contributed by atoms with Crippen LogP contribution in [-0.4, -0.2) is 46.9 Å². The highest BCUT2D eigenvalue weighted by Gasteiger charge is 2.35. The second-order valence-corrected chi connectivity index (χ2v) is 9.74. The Balaban J connectivity index is 2.85. The molecule has 0 saturated carbocycles. The lowest BCUT2D eigenvalue weighted by atomic mass is 9.94. The largest absolute Gasteiger partial charge is 0.460 e. The lowest BCUT2D eigenvalue weighted by Gasteiger charge is -2.31. The molecule has 1 N–H and O–H groups in total. The van der Waals surface area contributed by atoms with E-state index in [1.165, 1.54) is 0 Å². The van der Waals surface area contributed by atoms with Gasteiger partial charge in [-0.1, -0.05) is 40.0 Å². The summed E-state index contributed by atoms with van der Waals surface area (Å²) in [7, 11) is 0. The fourth-order valence-electron chi connectivity index (χ4n) is 3.77. The number of ether oxygens (including phenoxy) is 1. The van der Waals surface area contributed by atoms with Crippen LogP contribution in [0.1, 0.15) is 93.4 Å². The minimum atomic E-state index is -0.580. The van der Waals surface area contributed by atoms with Crippen LogP contribution in [0.3, 0.4) is 0 Å². The molecule has 1 aliphatic heterocycles. The molecule has 1 saturated heterocycles. The van der Waals surface area contributed by atoms with E-state index in [1.807, 2.05) is 39.5 Å². The molecule has 3 atom stereocenters. The van der Waals surface area contributed by atoms with Crippen LogP contribution >= 0.6 is 0 Å². The van der Waals surface area contributed by atoms with E-state index >= 15 is 0 Å². The number of unbranched alkanes of at least 4 members (excludes halogenated alkanes) is 2. The van der Waals surface area contributed by atoms with Gasteiger partial charge in [-0.2, -0.15) is 0 Å². The third-order valence-corrected chi connectivity index (χ3v) is 5.43. The van der Waals surface area contributed by atoms with Crippen LogP contribution in [0.15, 0.2) is 0 Å². The van der Waals surface area contributed by atoms with E-state index in [0.717, 1.165) is 38.6 Å². The Morgan fingerprint density at radius 1 is 1.17 bits per heavy atom. The molecule has 29 heavy (non-hydrogen) atoms. The van der Waals surface area contributed by atoms with Gasteiger partial charge < -0.3 is 15.0 Å². The van der Waals surface area contributed by atoms with E-state index in [-0.39, 0.29) is 36.2 Å². The predicted molar refractivity (Wildman–Crippen MR) is 115 cm³/mol. The summed E-state index contributed by atoms with van der Waals surface area (Å²) in [6.45, 7) is 14.3. The first-order chi connectivity index (χ1) is 13.5. The molecule has 0 bridgehead atoms. The molecule has 6 heteroatoms. The molecule has 168 valence electrons. The van der Waals surface area contributed by atoms with Crippen molar-refractivity contribution in [3.8, 4) is 0 Å². The quantitative estimate of drug-likeness (QED) is 0.435. The summed E-state index contributed by atoms with van der Waals surface area (Å²) in [6, 6.07) is -0.349. The van der Waals surface area contributed by atoms with Crippen molar-refractivity contribution in [2.24, 2.45) is 11.8 Å². The molecule has 2 amide bonds. The van der Waals surface area contributed by atoms with Crippen molar-refractivity contribution in [1.29, 1.82) is 0 Å². The SMILES string of the molecule is CCCCCC(CC(=O)OC(C)(C)C)C(=O)N[C@H](C(=O)N1CCC[C@@H]1C)C(C)C. The van der Waals surface area contributed by atoms with Crippen LogP contribution in [0.4, 0.5) is 0 Å². The van der Waals surface area contributed by atoms with E-state index in [9.17, 15) is 14.4 Å². The normalized spacial score (nSPS) is 19.2. The van der Waals surface area contributed by atoms with Crippen LogP contribution in [0.2, 0.25) is 0 Å². The summed E-state index contributed by atoms with van der Waals surface area (Å²) in [6.07, 6.45) is 5.61. The topological polar surface area (TPSA) is 75.7 Å². The summed E-state index contributed by atoms with van der Waals surface area (Å²) in [4.78, 5) is 40.3. The number of carbonyl (C=O) groups is 3. The van der Waals surface area contributed by atoms with Crippen LogP contribution < -0.4 is 5.32 Å². The second-order valence-electron chi connectivity index (χ2n) is 9.74. The van der Waals surface area contributed by atoms with Crippen molar-refractivity contribution in [1.82, 2.24) is 10.2 Å². The molecule has 0 aliphatic carbocycles. The van der Waals surface area contributed by atoms with Crippen molar-refractivity contribution in [3.05, 3.63) is 0 Å². The van der Waals surface area contributed by atoms with Crippen molar-refractivity contribution in [2.45, 2.75) is 111 Å². The maximum Gasteiger partial charge on any atom is 0.307 e. The van der Waals surface area contributed by atoms with Gasteiger partial charge in [0, 0.05) is 18.5 Å². The van der Waals surface area contributed by atoms with Gasteiger partial charge in [0.25, 0.3) is 0 Å². The molecule has 1 aliphatic rings. The summed E-state index contributed by atoms with van der Waals surface area (Å²) in [5, 5.41) is 2.97. The number of nitrogens with one attached hydrogen (secondary N) is 1. The third kappa shape index (κ3) is 8.75. The summed E-state index contributed by atoms with van der Waals surface area (Å²) < 4.78 is 5.43. The molecule has 0 aromatic carbocycles. The van der Waals surface area contributed by atoms with Crippen molar-refractivity contribution in [3.63, 3.8) is 0 Å². The zero-order chi connectivity index (χ0) is 22.2. The van der Waals surface area contributed by atoms with E-state index in [4.69, 9.17) is 4.74 Å². The number of hydrogen-bond acceptors (Lipinski definition) is 4. The molecule has 0 radical (unpaired) electrons. The predicted octanol–water partition coefficient (Wildman–Crippen LogP) is 4.07. The molecule has 0 aromatic heterocycles. The van der Waals surface area contributed by atoms with Gasteiger partial charge in [0.05, 0.1) is 6.42 Å². The van der Waals surface area contributed by atoms with E-state index in [1.54, 1.807) is 0 Å². The lowest BCUT2D eigenvalue weighted by molar-refractivity contribution is -0.157. The monoisotopic (exact) mass is 410 g/mol. The number of hydrogen-bond donors (Lipinski definition) is 1. The minimum Gasteiger partial charge on any atom is -0.460 e. The number of likely N-dealkylation sites (tertiary alicyclic amines) is 1. The molecular formula is C23H42N2O4. The van der Waals surface area contributed by atoms with Crippen molar-refractivity contribution in [2.75, 3.05) is 6.54 Å². The van der Waals surface area contributed by atoms with E-state index in [2.05, 4.69) is 19.2 Å². The first-order valence-corrected chi connectivity index (χ1v) is 11.3. The smallest absolute Gasteiger partial charge is 0.307 e. The summed E-state index contributed by atoms with van der Waals surface area (Å²) in [5.41, 5.74) is -0.580. The molecule has 1 unspecified atom stereocenters. The van der Waals surface area contributed by atoms with Gasteiger partial charge in [-0.05, 0) is 52.9 Å². The zero-order valence-electron chi connectivity index (χ0n) is 19.5. The lowest BCUT2D eigenvalue weighted by Crippen LogP contribution is -2.53. The molecule has 6 nitrogen and oxygen atoms in total. The standard InChI is InChI=1S/C23H42N2O4/c1-8-9-10-13-18(15-19(26)29-23(5,6)7)21(27)24-20(16(2)3)22(28)25-14-11-12-17(25)4/h16-18,20H,8-15H2,1-7H3,(H,24,27)/t17-,18?,20-/m0/s1. The number of amides is 2. The Hall–Kier alpha value is -1.59. The first-order valence-electron chi connectivity index (χ1n) is 11.3. The van der Waals surface area contributed by atoms with E-state index < -0.39 is 17.6 Å². The van der Waals surface area contributed by atoms with Gasteiger partial charge in [0.2, 0.25) is 11.8 Å². The van der Waals surface area contributed by atoms with Gasteiger partial charge >= 0.3 is 5.97 Å². The van der Waals surface area contributed by atoms with Crippen molar-refractivity contribution >= 4 is 17.8 Å². The highest BCUT2D eigenvalue weighted by atomic mass is 16.6. The highest BCUT2D eigenvalue weighted by Crippen LogP contribution is 2.22. The molecule has 0 spiro atoms. The van der Waals surface area contributed by atoms with Crippen molar-refractivity contribution < 1.29 is 19.1 Å². The Morgan fingerprint density at radius 2 is 1.83 bits per heavy atom. The average Bonchev–Trinajstić information content (AvgIpc) is 3.02. The number of esters is 1. The maximum atomic E-state index is 13.1. The Labute approximate surface area is 177 Å². The molecule has 1 rings (SSSR count). The van der Waals surface area contributed by atoms with Gasteiger partial charge in [-0.3, -0.25) is 14.4 Å². The van der Waals surface area contributed by atoms with Gasteiger partial charge in [-0.25, -0.2) is 0 Å². The average molecular weight is 411 g/mol. The Bertz CT molecular complexity index is 554. The maximum absolute atomic E-state index is 13.1.